The molecule has 1 aliphatic rings. The van der Waals surface area contributed by atoms with E-state index in [0.717, 1.165) is 18.0 Å². The van der Waals surface area contributed by atoms with Crippen molar-refractivity contribution in [1.82, 2.24) is 20.4 Å². The second kappa shape index (κ2) is 6.58. The maximum absolute atomic E-state index is 12.4. The van der Waals surface area contributed by atoms with E-state index in [-0.39, 0.29) is 11.9 Å². The Morgan fingerprint density at radius 1 is 1.55 bits per heavy atom. The fourth-order valence-corrected chi connectivity index (χ4v) is 3.28. The van der Waals surface area contributed by atoms with Gasteiger partial charge in [0, 0.05) is 38.0 Å². The molecule has 0 saturated carbocycles. The van der Waals surface area contributed by atoms with E-state index in [1.807, 2.05) is 22.4 Å². The molecule has 1 aliphatic heterocycles. The van der Waals surface area contributed by atoms with Gasteiger partial charge in [-0.3, -0.25) is 4.79 Å². The van der Waals surface area contributed by atoms with E-state index in [0.29, 0.717) is 30.6 Å². The zero-order chi connectivity index (χ0) is 15.5. The van der Waals surface area contributed by atoms with Crippen LogP contribution in [0.2, 0.25) is 0 Å². The molecule has 2 aromatic heterocycles. The Morgan fingerprint density at radius 2 is 2.41 bits per heavy atom. The molecule has 3 rings (SSSR count). The highest BCUT2D eigenvalue weighted by Crippen LogP contribution is 2.21. The van der Waals surface area contributed by atoms with E-state index >= 15 is 0 Å². The summed E-state index contributed by atoms with van der Waals surface area (Å²) in [5.74, 6) is 1.27. The van der Waals surface area contributed by atoms with E-state index in [1.165, 1.54) is 0 Å². The first kappa shape index (κ1) is 15.2. The van der Waals surface area contributed by atoms with Gasteiger partial charge in [0.1, 0.15) is 0 Å². The van der Waals surface area contributed by atoms with Gasteiger partial charge < -0.3 is 14.7 Å². The van der Waals surface area contributed by atoms with Crippen molar-refractivity contribution in [3.8, 4) is 10.7 Å². The zero-order valence-electron chi connectivity index (χ0n) is 12.8. The fraction of sp³-hybridized carbons (Fsp3) is 0.533. The van der Waals surface area contributed by atoms with Crippen molar-refractivity contribution >= 4 is 17.2 Å². The molecule has 0 aliphatic carbocycles. The number of aryl methyl sites for hydroxylation is 1. The number of aromatic nitrogens is 2. The maximum Gasteiger partial charge on any atom is 0.227 e. The van der Waals surface area contributed by atoms with Gasteiger partial charge in [0.05, 0.1) is 4.88 Å². The first-order valence-electron chi connectivity index (χ1n) is 7.54. The molecule has 0 aromatic carbocycles. The van der Waals surface area contributed by atoms with Crippen LogP contribution in [0, 0.1) is 0 Å². The molecule has 7 heteroatoms. The normalized spacial score (nSPS) is 22.0. The Morgan fingerprint density at radius 3 is 3.18 bits per heavy atom. The molecular formula is C15H20N4O2S. The number of rotatable bonds is 4. The summed E-state index contributed by atoms with van der Waals surface area (Å²) in [7, 11) is 0. The summed E-state index contributed by atoms with van der Waals surface area (Å²) in [6.45, 7) is 5.79. The van der Waals surface area contributed by atoms with E-state index < -0.39 is 0 Å². The smallest absolute Gasteiger partial charge is 0.227 e. The van der Waals surface area contributed by atoms with Gasteiger partial charge in [-0.15, -0.1) is 11.3 Å². The van der Waals surface area contributed by atoms with Crippen molar-refractivity contribution in [3.63, 3.8) is 0 Å². The topological polar surface area (TPSA) is 71.3 Å². The van der Waals surface area contributed by atoms with E-state index in [2.05, 4.69) is 29.3 Å². The van der Waals surface area contributed by atoms with Gasteiger partial charge in [0.2, 0.25) is 17.6 Å². The van der Waals surface area contributed by atoms with Crippen LogP contribution < -0.4 is 5.32 Å². The van der Waals surface area contributed by atoms with Crippen LogP contribution in [0.25, 0.3) is 10.7 Å². The van der Waals surface area contributed by atoms with Crippen LogP contribution in [0.1, 0.15) is 26.2 Å². The Bertz CT molecular complexity index is 625. The van der Waals surface area contributed by atoms with Gasteiger partial charge in [-0.1, -0.05) is 11.2 Å². The maximum atomic E-state index is 12.4. The fourth-order valence-electron chi connectivity index (χ4n) is 2.63. The van der Waals surface area contributed by atoms with Crippen LogP contribution in [0.4, 0.5) is 0 Å². The molecule has 1 N–H and O–H groups in total. The molecule has 2 atom stereocenters. The lowest BCUT2D eigenvalue weighted by molar-refractivity contribution is -0.134. The van der Waals surface area contributed by atoms with Gasteiger partial charge >= 0.3 is 0 Å². The summed E-state index contributed by atoms with van der Waals surface area (Å²) in [5.41, 5.74) is 0. The van der Waals surface area contributed by atoms with Crippen molar-refractivity contribution < 1.29 is 9.32 Å². The lowest BCUT2D eigenvalue weighted by Crippen LogP contribution is -2.57. The molecule has 1 fully saturated rings. The van der Waals surface area contributed by atoms with Gasteiger partial charge in [-0.25, -0.2) is 0 Å². The van der Waals surface area contributed by atoms with Crippen LogP contribution >= 0.6 is 11.3 Å². The van der Waals surface area contributed by atoms with Crippen LogP contribution in [0.15, 0.2) is 22.0 Å². The Labute approximate surface area is 133 Å². The number of nitrogens with one attached hydrogen (secondary N) is 1. The van der Waals surface area contributed by atoms with E-state index in [9.17, 15) is 4.79 Å². The van der Waals surface area contributed by atoms with Crippen LogP contribution in [-0.4, -0.2) is 46.1 Å². The van der Waals surface area contributed by atoms with Crippen LogP contribution in [0.5, 0.6) is 0 Å². The number of nitrogens with zero attached hydrogens (tertiary/aromatic N) is 3. The van der Waals surface area contributed by atoms with Gasteiger partial charge in [0.25, 0.3) is 0 Å². The summed E-state index contributed by atoms with van der Waals surface area (Å²) in [5, 5.41) is 9.32. The second-order valence-corrected chi connectivity index (χ2v) is 6.51. The van der Waals surface area contributed by atoms with Gasteiger partial charge in [-0.05, 0) is 25.3 Å². The third kappa shape index (κ3) is 3.20. The monoisotopic (exact) mass is 320 g/mol. The highest BCUT2D eigenvalue weighted by Gasteiger charge is 2.27. The number of amides is 1. The summed E-state index contributed by atoms with van der Waals surface area (Å²) >= 11 is 1.57. The highest BCUT2D eigenvalue weighted by molar-refractivity contribution is 7.13. The van der Waals surface area contributed by atoms with Crippen molar-refractivity contribution in [2.24, 2.45) is 0 Å². The number of carbonyl (C=O) groups excluding carboxylic acids is 1. The summed E-state index contributed by atoms with van der Waals surface area (Å²) < 4.78 is 5.24. The van der Waals surface area contributed by atoms with Crippen molar-refractivity contribution in [2.45, 2.75) is 38.8 Å². The zero-order valence-corrected chi connectivity index (χ0v) is 13.6. The molecule has 22 heavy (non-hydrogen) atoms. The number of carbonyl (C=O) groups is 1. The molecule has 0 radical (unpaired) electrons. The standard InChI is InChI=1S/C15H20N4O2S/c1-10-11(2)19(8-7-16-10)14(20)6-5-13-17-15(18-21-13)12-4-3-9-22-12/h3-4,9-11,16H,5-8H2,1-2H3. The van der Waals surface area contributed by atoms with Crippen LogP contribution in [0.3, 0.4) is 0 Å². The third-order valence-electron chi connectivity index (χ3n) is 4.12. The summed E-state index contributed by atoms with van der Waals surface area (Å²) in [6, 6.07) is 4.44. The molecule has 2 unspecified atom stereocenters. The molecule has 2 aromatic rings. The second-order valence-electron chi connectivity index (χ2n) is 5.56. The summed E-state index contributed by atoms with van der Waals surface area (Å²) in [4.78, 5) is 19.6. The minimum atomic E-state index is 0.150. The highest BCUT2D eigenvalue weighted by atomic mass is 32.1. The molecule has 3 heterocycles. The van der Waals surface area contributed by atoms with Crippen molar-refractivity contribution in [3.05, 3.63) is 23.4 Å². The lowest BCUT2D eigenvalue weighted by atomic mass is 10.1. The number of thiophene rings is 1. The molecular weight excluding hydrogens is 300 g/mol. The number of hydrogen-bond acceptors (Lipinski definition) is 6. The number of piperazine rings is 1. The predicted octanol–water partition coefficient (Wildman–Crippen LogP) is 1.94. The lowest BCUT2D eigenvalue weighted by Gasteiger charge is -2.38. The van der Waals surface area contributed by atoms with Crippen molar-refractivity contribution in [2.75, 3.05) is 13.1 Å². The Hall–Kier alpha value is -1.73. The molecule has 0 spiro atoms. The minimum Gasteiger partial charge on any atom is -0.339 e. The van der Waals surface area contributed by atoms with Crippen molar-refractivity contribution in [1.29, 1.82) is 0 Å². The number of hydrogen-bond donors (Lipinski definition) is 1. The van der Waals surface area contributed by atoms with E-state index in [4.69, 9.17) is 4.52 Å². The molecule has 0 bridgehead atoms. The molecule has 118 valence electrons. The third-order valence-corrected chi connectivity index (χ3v) is 4.98. The van der Waals surface area contributed by atoms with Gasteiger partial charge in [0.15, 0.2) is 0 Å². The molecule has 6 nitrogen and oxygen atoms in total. The first-order chi connectivity index (χ1) is 10.6. The first-order valence-corrected chi connectivity index (χ1v) is 8.42. The summed E-state index contributed by atoms with van der Waals surface area (Å²) in [6.07, 6.45) is 0.894. The Kier molecular flexibility index (Phi) is 4.54. The minimum absolute atomic E-state index is 0.150. The van der Waals surface area contributed by atoms with Crippen LogP contribution in [-0.2, 0) is 11.2 Å². The largest absolute Gasteiger partial charge is 0.339 e. The van der Waals surface area contributed by atoms with Gasteiger partial charge in [-0.2, -0.15) is 4.98 Å². The average Bonchev–Trinajstić information content (AvgIpc) is 3.18. The molecule has 1 saturated heterocycles. The molecule has 1 amide bonds. The van der Waals surface area contributed by atoms with E-state index in [1.54, 1.807) is 11.3 Å². The quantitative estimate of drug-likeness (QED) is 0.932. The Balaban J connectivity index is 1.57. The SMILES string of the molecule is CC1NCCN(C(=O)CCc2nc(-c3cccs3)no2)C1C. The predicted molar refractivity (Wildman–Crippen MR) is 84.6 cm³/mol. The average molecular weight is 320 g/mol.